The van der Waals surface area contributed by atoms with Crippen molar-refractivity contribution in [1.82, 2.24) is 29.8 Å². The second-order valence-electron chi connectivity index (χ2n) is 12.9. The first-order valence-corrected chi connectivity index (χ1v) is 18.6. The molecular formula is C38H31F2N7O8S. The summed E-state index contributed by atoms with van der Waals surface area (Å²) in [7, 11) is -4.42. The first-order valence-electron chi connectivity index (χ1n) is 17.1. The Morgan fingerprint density at radius 2 is 1.62 bits per heavy atom. The molecule has 1 amide bonds. The predicted octanol–water partition coefficient (Wildman–Crippen LogP) is 3.93. The first-order chi connectivity index (χ1) is 26.9. The van der Waals surface area contributed by atoms with Crippen LogP contribution in [0.5, 0.6) is 0 Å². The Balaban J connectivity index is 1.01. The Labute approximate surface area is 316 Å². The van der Waals surface area contributed by atoms with Crippen molar-refractivity contribution in [2.24, 2.45) is 0 Å². The highest BCUT2D eigenvalue weighted by molar-refractivity contribution is 7.92. The number of sulfonamides is 1. The zero-order valence-electron chi connectivity index (χ0n) is 29.1. The van der Waals surface area contributed by atoms with Crippen LogP contribution in [0, 0.1) is 11.6 Å². The Hall–Kier alpha value is -6.66. The summed E-state index contributed by atoms with van der Waals surface area (Å²) >= 11 is 0. The highest BCUT2D eigenvalue weighted by Crippen LogP contribution is 2.27. The number of carboxylic acid groups (broad SMARTS) is 1. The van der Waals surface area contributed by atoms with E-state index in [1.54, 1.807) is 12.4 Å². The fraction of sp³-hybridized carbons (Fsp3) is 0.184. The number of ether oxygens (including phenoxy) is 1. The third kappa shape index (κ3) is 7.91. The van der Waals surface area contributed by atoms with E-state index >= 15 is 8.78 Å². The van der Waals surface area contributed by atoms with Gasteiger partial charge in [-0.05, 0) is 60.4 Å². The van der Waals surface area contributed by atoms with Gasteiger partial charge in [0.1, 0.15) is 23.5 Å². The average molecular weight is 784 g/mol. The number of halogens is 2. The van der Waals surface area contributed by atoms with Crippen LogP contribution < -0.4 is 21.3 Å². The number of nitrogens with one attached hydrogen (secondary N) is 3. The van der Waals surface area contributed by atoms with Crippen molar-refractivity contribution in [1.29, 1.82) is 0 Å². The van der Waals surface area contributed by atoms with Crippen LogP contribution in [0.25, 0.3) is 27.7 Å². The lowest BCUT2D eigenvalue weighted by molar-refractivity contribution is -0.139. The summed E-state index contributed by atoms with van der Waals surface area (Å²) in [5, 5.41) is 12.2. The van der Waals surface area contributed by atoms with E-state index in [0.717, 1.165) is 17.4 Å². The molecule has 1 saturated heterocycles. The molecule has 3 aromatic carbocycles. The van der Waals surface area contributed by atoms with E-state index in [1.165, 1.54) is 67.0 Å². The van der Waals surface area contributed by atoms with Crippen LogP contribution in [0.15, 0.2) is 106 Å². The topological polar surface area (TPSA) is 215 Å². The molecule has 1 aliphatic rings. The highest BCUT2D eigenvalue weighted by Gasteiger charge is 2.26. The fourth-order valence-corrected chi connectivity index (χ4v) is 7.29. The number of H-pyrrole nitrogens is 1. The van der Waals surface area contributed by atoms with Gasteiger partial charge in [0, 0.05) is 55.8 Å². The van der Waals surface area contributed by atoms with E-state index in [-0.39, 0.29) is 33.8 Å². The summed E-state index contributed by atoms with van der Waals surface area (Å²) < 4.78 is 64.9. The number of carbonyl (C=O) groups excluding carboxylic acids is 1. The predicted molar refractivity (Wildman–Crippen MR) is 198 cm³/mol. The van der Waals surface area contributed by atoms with Gasteiger partial charge in [0.05, 0.1) is 38.9 Å². The molecule has 0 saturated carbocycles. The van der Waals surface area contributed by atoms with Crippen molar-refractivity contribution in [2.75, 3.05) is 17.9 Å². The number of hydrogen-bond donors (Lipinski definition) is 4. The SMILES string of the molecule is O=C(N[C@@H](Cc1ccc(-n2c(=O)[nH]c3cnccc3c2=O)cc1)C(=O)O)c1cc(F)c(NS(=O)(=O)c2ccc(-c3cnc(C4CCOCC4)nc3)cc2)cc1F. The summed E-state index contributed by atoms with van der Waals surface area (Å²) in [6, 6.07) is 12.1. The Morgan fingerprint density at radius 1 is 0.929 bits per heavy atom. The first kappa shape index (κ1) is 37.6. The molecule has 15 nitrogen and oxygen atoms in total. The van der Waals surface area contributed by atoms with Crippen LogP contribution in [-0.4, -0.2) is 69.2 Å². The van der Waals surface area contributed by atoms with Gasteiger partial charge in [-0.2, -0.15) is 0 Å². The van der Waals surface area contributed by atoms with E-state index in [2.05, 4.69) is 25.3 Å². The molecular weight excluding hydrogens is 753 g/mol. The number of pyridine rings is 1. The molecule has 286 valence electrons. The van der Waals surface area contributed by atoms with E-state index in [1.807, 2.05) is 4.72 Å². The molecule has 4 heterocycles. The van der Waals surface area contributed by atoms with Gasteiger partial charge in [-0.1, -0.05) is 24.3 Å². The van der Waals surface area contributed by atoms with Gasteiger partial charge >= 0.3 is 11.7 Å². The minimum atomic E-state index is -4.42. The zero-order valence-corrected chi connectivity index (χ0v) is 29.9. The third-order valence-electron chi connectivity index (χ3n) is 9.24. The molecule has 0 bridgehead atoms. The second kappa shape index (κ2) is 15.6. The number of aromatic nitrogens is 5. The van der Waals surface area contributed by atoms with Crippen LogP contribution in [0.4, 0.5) is 14.5 Å². The number of amides is 1. The molecule has 56 heavy (non-hydrogen) atoms. The minimum absolute atomic E-state index is 0.182. The maximum absolute atomic E-state index is 15.2. The summed E-state index contributed by atoms with van der Waals surface area (Å²) in [6.45, 7) is 1.29. The van der Waals surface area contributed by atoms with E-state index in [0.29, 0.717) is 47.9 Å². The Kier molecular flexibility index (Phi) is 10.5. The largest absolute Gasteiger partial charge is 0.480 e. The van der Waals surface area contributed by atoms with Gasteiger partial charge in [0.15, 0.2) is 0 Å². The van der Waals surface area contributed by atoms with E-state index in [9.17, 15) is 32.7 Å². The number of anilines is 1. The summed E-state index contributed by atoms with van der Waals surface area (Å²) in [6.07, 6.45) is 7.37. The number of benzene rings is 3. The molecule has 3 aromatic heterocycles. The summed E-state index contributed by atoms with van der Waals surface area (Å²) in [5.74, 6) is -4.47. The molecule has 4 N–H and O–H groups in total. The Morgan fingerprint density at radius 3 is 2.30 bits per heavy atom. The normalized spacial score (nSPS) is 14.0. The summed E-state index contributed by atoms with van der Waals surface area (Å²) in [4.78, 5) is 65.8. The number of carbonyl (C=O) groups is 2. The number of hydrogen-bond acceptors (Lipinski definition) is 10. The maximum atomic E-state index is 15.2. The lowest BCUT2D eigenvalue weighted by atomic mass is 9.99. The van der Waals surface area contributed by atoms with Gasteiger partial charge in [0.25, 0.3) is 21.5 Å². The van der Waals surface area contributed by atoms with Crippen molar-refractivity contribution < 1.29 is 36.6 Å². The Bertz CT molecular complexity index is 2680. The van der Waals surface area contributed by atoms with E-state index < -0.39 is 62.1 Å². The molecule has 6 aromatic rings. The second-order valence-corrected chi connectivity index (χ2v) is 14.6. The van der Waals surface area contributed by atoms with Gasteiger partial charge in [-0.25, -0.2) is 41.3 Å². The van der Waals surface area contributed by atoms with Gasteiger partial charge in [-0.15, -0.1) is 0 Å². The van der Waals surface area contributed by atoms with Gasteiger partial charge in [-0.3, -0.25) is 19.3 Å². The molecule has 0 aliphatic carbocycles. The third-order valence-corrected chi connectivity index (χ3v) is 10.6. The number of aromatic amines is 1. The molecule has 0 radical (unpaired) electrons. The number of aliphatic carboxylic acids is 1. The lowest BCUT2D eigenvalue weighted by Crippen LogP contribution is -2.42. The van der Waals surface area contributed by atoms with Crippen molar-refractivity contribution in [2.45, 2.75) is 36.1 Å². The summed E-state index contributed by atoms with van der Waals surface area (Å²) in [5.41, 5.74) is -0.908. The molecule has 18 heteroatoms. The van der Waals surface area contributed by atoms with Crippen molar-refractivity contribution in [3.05, 3.63) is 141 Å². The smallest absolute Gasteiger partial charge is 0.333 e. The lowest BCUT2D eigenvalue weighted by Gasteiger charge is -2.20. The van der Waals surface area contributed by atoms with Crippen LogP contribution in [0.2, 0.25) is 0 Å². The molecule has 0 spiro atoms. The standard InChI is InChI=1S/C38H31F2N7O8S/c39-29-17-31(46-56(53,54)26-7-3-22(4-8-26)24-18-42-34(43-19-24)23-10-13-55-14-11-23)30(40)16-28(29)35(48)44-32(37(50)51)15-21-1-5-25(6-2-21)47-36(49)27-9-12-41-20-33(27)45-38(47)52/h1-9,12,16-20,23,32,46H,10-11,13-15H2,(H,44,48)(H,45,52)(H,50,51)/t32-/m0/s1. The fourth-order valence-electron chi connectivity index (χ4n) is 6.23. The zero-order chi connectivity index (χ0) is 39.6. The maximum Gasteiger partial charge on any atom is 0.333 e. The molecule has 7 rings (SSSR count). The van der Waals surface area contributed by atoms with Crippen molar-refractivity contribution in [3.63, 3.8) is 0 Å². The minimum Gasteiger partial charge on any atom is -0.480 e. The quantitative estimate of drug-likeness (QED) is 0.148. The molecule has 1 atom stereocenters. The number of rotatable bonds is 11. The molecule has 0 unspecified atom stereocenters. The van der Waals surface area contributed by atoms with Gasteiger partial charge < -0.3 is 20.1 Å². The van der Waals surface area contributed by atoms with Crippen LogP contribution in [-0.2, 0) is 26.0 Å². The van der Waals surface area contributed by atoms with Crippen LogP contribution in [0.1, 0.15) is 40.5 Å². The van der Waals surface area contributed by atoms with Gasteiger partial charge in [0.2, 0.25) is 0 Å². The number of fused-ring (bicyclic) bond motifs is 1. The van der Waals surface area contributed by atoms with E-state index in [4.69, 9.17) is 4.74 Å². The van der Waals surface area contributed by atoms with Crippen molar-refractivity contribution in [3.8, 4) is 16.8 Å². The van der Waals surface area contributed by atoms with Crippen molar-refractivity contribution >= 4 is 38.5 Å². The van der Waals surface area contributed by atoms with Crippen LogP contribution in [0.3, 0.4) is 0 Å². The monoisotopic (exact) mass is 783 g/mol. The average Bonchev–Trinajstić information content (AvgIpc) is 3.20. The number of nitrogens with zero attached hydrogens (tertiary/aromatic N) is 4. The molecule has 1 aliphatic heterocycles. The highest BCUT2D eigenvalue weighted by atomic mass is 32.2. The van der Waals surface area contributed by atoms with Crippen LogP contribution >= 0.6 is 0 Å². The number of carboxylic acids is 1. The molecule has 1 fully saturated rings.